The van der Waals surface area contributed by atoms with Crippen molar-refractivity contribution in [1.82, 2.24) is 19.7 Å². The average molecular weight is 496 g/mol. The van der Waals surface area contributed by atoms with Gasteiger partial charge in [0.05, 0.1) is 25.8 Å². The molecule has 1 unspecified atom stereocenters. The number of para-hydroxylation sites is 1. The molecule has 4 rings (SSSR count). The summed E-state index contributed by atoms with van der Waals surface area (Å²) in [6.07, 6.45) is 1.18. The summed E-state index contributed by atoms with van der Waals surface area (Å²) in [4.78, 5) is 20.7. The van der Waals surface area contributed by atoms with Crippen LogP contribution in [0, 0.1) is 0 Å². The van der Waals surface area contributed by atoms with Gasteiger partial charge in [-0.25, -0.2) is 9.67 Å². The van der Waals surface area contributed by atoms with Crippen molar-refractivity contribution in [3.8, 4) is 5.69 Å². The van der Waals surface area contributed by atoms with Crippen LogP contribution < -0.4 is 5.56 Å². The number of H-pyrrole nitrogens is 1. The lowest BCUT2D eigenvalue weighted by Gasteiger charge is -2.08. The lowest BCUT2D eigenvalue weighted by atomic mass is 10.0. The summed E-state index contributed by atoms with van der Waals surface area (Å²) in [6.45, 7) is 4.06. The highest BCUT2D eigenvalue weighted by Gasteiger charge is 2.23. The molecule has 0 aliphatic carbocycles. The third kappa shape index (κ3) is 4.20. The van der Waals surface area contributed by atoms with Crippen molar-refractivity contribution in [1.29, 1.82) is 0 Å². The summed E-state index contributed by atoms with van der Waals surface area (Å²) in [5, 5.41) is 6.89. The van der Waals surface area contributed by atoms with Crippen molar-refractivity contribution in [2.45, 2.75) is 32.6 Å². The number of rotatable bonds is 5. The van der Waals surface area contributed by atoms with E-state index in [1.807, 2.05) is 19.9 Å². The maximum atomic E-state index is 13.1. The van der Waals surface area contributed by atoms with Gasteiger partial charge in [-0.2, -0.15) is 5.10 Å². The Hall–Kier alpha value is -2.05. The van der Waals surface area contributed by atoms with Crippen LogP contribution in [0.4, 0.5) is 0 Å². The minimum Gasteiger partial charge on any atom is -0.310 e. The normalized spacial score (nSPS) is 12.5. The lowest BCUT2D eigenvalue weighted by molar-refractivity contribution is 0.693. The van der Waals surface area contributed by atoms with E-state index in [9.17, 15) is 4.79 Å². The first kappa shape index (κ1) is 22.2. The van der Waals surface area contributed by atoms with E-state index in [0.29, 0.717) is 54.8 Å². The molecular weight excluding hydrogens is 478 g/mol. The van der Waals surface area contributed by atoms with E-state index in [4.69, 9.17) is 56.5 Å². The van der Waals surface area contributed by atoms with Crippen molar-refractivity contribution in [3.63, 3.8) is 0 Å². The number of nitrogens with one attached hydrogen (secondary N) is 1. The Kier molecular flexibility index (Phi) is 6.31. The molecule has 0 saturated heterocycles. The second-order valence-corrected chi connectivity index (χ2v) is 8.94. The van der Waals surface area contributed by atoms with Crippen molar-refractivity contribution in [2.75, 3.05) is 0 Å². The van der Waals surface area contributed by atoms with Crippen molar-refractivity contribution in [2.24, 2.45) is 0 Å². The van der Waals surface area contributed by atoms with E-state index in [2.05, 4.69) is 4.98 Å². The summed E-state index contributed by atoms with van der Waals surface area (Å²) >= 11 is 25.0. The number of aromatic amines is 1. The quantitative estimate of drug-likeness (QED) is 0.330. The molecule has 0 fully saturated rings. The minimum atomic E-state index is -0.259. The highest BCUT2D eigenvalue weighted by molar-refractivity contribution is 6.42. The third-order valence-electron chi connectivity index (χ3n) is 5.20. The van der Waals surface area contributed by atoms with E-state index in [1.165, 1.54) is 0 Å². The second-order valence-electron chi connectivity index (χ2n) is 7.31. The van der Waals surface area contributed by atoms with E-state index in [1.54, 1.807) is 35.0 Å². The maximum absolute atomic E-state index is 13.1. The summed E-state index contributed by atoms with van der Waals surface area (Å²) in [5.74, 6) is 0.518. The van der Waals surface area contributed by atoms with Gasteiger partial charge in [0.1, 0.15) is 16.9 Å². The monoisotopic (exact) mass is 494 g/mol. The fourth-order valence-electron chi connectivity index (χ4n) is 3.41. The molecule has 5 nitrogen and oxygen atoms in total. The molecule has 4 aromatic rings. The molecule has 2 aromatic carbocycles. The highest BCUT2D eigenvalue weighted by Crippen LogP contribution is 2.33. The van der Waals surface area contributed by atoms with Crippen molar-refractivity contribution in [3.05, 3.63) is 83.9 Å². The molecule has 0 aliphatic heterocycles. The van der Waals surface area contributed by atoms with E-state index >= 15 is 0 Å². The fraction of sp³-hybridized carbons (Fsp3) is 0.227. The van der Waals surface area contributed by atoms with Gasteiger partial charge in [0, 0.05) is 12.3 Å². The molecule has 0 amide bonds. The zero-order chi connectivity index (χ0) is 22.3. The number of hydrogen-bond acceptors (Lipinski definition) is 3. The van der Waals surface area contributed by atoms with Gasteiger partial charge in [-0.15, -0.1) is 0 Å². The predicted molar refractivity (Wildman–Crippen MR) is 127 cm³/mol. The van der Waals surface area contributed by atoms with Gasteiger partial charge in [0.15, 0.2) is 5.65 Å². The van der Waals surface area contributed by atoms with Crippen LogP contribution >= 0.6 is 46.4 Å². The maximum Gasteiger partial charge on any atom is 0.262 e. The molecule has 1 N–H and O–H groups in total. The zero-order valence-corrected chi connectivity index (χ0v) is 19.7. The molecular formula is C22H18Cl4N4O. The first-order valence-electron chi connectivity index (χ1n) is 9.70. The van der Waals surface area contributed by atoms with Gasteiger partial charge in [-0.05, 0) is 36.2 Å². The number of aromatic nitrogens is 4. The SMILES string of the molecule is CCC(C)c1nn(-c2c(Cl)cccc2Cl)c2nc(Cc3ccc(Cl)c(Cl)c3)[nH]c(=O)c12. The van der Waals surface area contributed by atoms with Gasteiger partial charge >= 0.3 is 0 Å². The van der Waals surface area contributed by atoms with Crippen LogP contribution in [-0.2, 0) is 6.42 Å². The molecule has 1 atom stereocenters. The van der Waals surface area contributed by atoms with Crippen LogP contribution in [0.15, 0.2) is 41.2 Å². The summed E-state index contributed by atoms with van der Waals surface area (Å²) in [7, 11) is 0. The molecule has 160 valence electrons. The molecule has 2 aromatic heterocycles. The Balaban J connectivity index is 1.95. The highest BCUT2D eigenvalue weighted by atomic mass is 35.5. The van der Waals surface area contributed by atoms with Crippen LogP contribution in [0.25, 0.3) is 16.7 Å². The smallest absolute Gasteiger partial charge is 0.262 e. The number of halogens is 4. The molecule has 0 bridgehead atoms. The Morgan fingerprint density at radius 2 is 1.74 bits per heavy atom. The molecule has 0 spiro atoms. The Labute approximate surface area is 198 Å². The van der Waals surface area contributed by atoms with E-state index < -0.39 is 0 Å². The Morgan fingerprint density at radius 1 is 1.03 bits per heavy atom. The molecule has 0 aliphatic rings. The first-order chi connectivity index (χ1) is 14.8. The van der Waals surface area contributed by atoms with Gasteiger partial charge in [0.2, 0.25) is 0 Å². The van der Waals surface area contributed by atoms with Gasteiger partial charge < -0.3 is 4.98 Å². The number of hydrogen-bond donors (Lipinski definition) is 1. The third-order valence-corrected chi connectivity index (χ3v) is 6.55. The van der Waals surface area contributed by atoms with Crippen LogP contribution in [0.5, 0.6) is 0 Å². The number of fused-ring (bicyclic) bond motifs is 1. The molecule has 0 saturated carbocycles. The summed E-state index contributed by atoms with van der Waals surface area (Å²) in [5.41, 5.74) is 2.15. The average Bonchev–Trinajstić information content (AvgIpc) is 3.10. The second kappa shape index (κ2) is 8.83. The van der Waals surface area contributed by atoms with Crippen molar-refractivity contribution < 1.29 is 0 Å². The largest absolute Gasteiger partial charge is 0.310 e. The lowest BCUT2D eigenvalue weighted by Crippen LogP contribution is -2.14. The summed E-state index contributed by atoms with van der Waals surface area (Å²) < 4.78 is 1.56. The minimum absolute atomic E-state index is 0.0498. The standard InChI is InChI=1S/C22H18Cl4N4O/c1-3-11(2)19-18-21(30(29-19)20-14(24)5-4-6-15(20)25)27-17(28-22(18)31)10-12-7-8-13(23)16(26)9-12/h4-9,11H,3,10H2,1-2H3,(H,27,28,31). The Morgan fingerprint density at radius 3 is 2.39 bits per heavy atom. The van der Waals surface area contributed by atoms with Crippen molar-refractivity contribution >= 4 is 57.4 Å². The van der Waals surface area contributed by atoms with Gasteiger partial charge in [-0.1, -0.05) is 72.4 Å². The van der Waals surface area contributed by atoms with E-state index in [-0.39, 0.29) is 11.5 Å². The number of nitrogens with zero attached hydrogens (tertiary/aromatic N) is 3. The molecule has 9 heteroatoms. The number of benzene rings is 2. The van der Waals surface area contributed by atoms with E-state index in [0.717, 1.165) is 12.0 Å². The first-order valence-corrected chi connectivity index (χ1v) is 11.2. The fourth-order valence-corrected chi connectivity index (χ4v) is 4.29. The Bertz CT molecular complexity index is 1330. The molecule has 31 heavy (non-hydrogen) atoms. The topological polar surface area (TPSA) is 63.6 Å². The van der Waals surface area contributed by atoms with Crippen LogP contribution in [0.3, 0.4) is 0 Å². The van der Waals surface area contributed by atoms with Crippen LogP contribution in [0.2, 0.25) is 20.1 Å². The van der Waals surface area contributed by atoms with Crippen LogP contribution in [-0.4, -0.2) is 19.7 Å². The van der Waals surface area contributed by atoms with Gasteiger partial charge in [-0.3, -0.25) is 4.79 Å². The zero-order valence-electron chi connectivity index (χ0n) is 16.7. The molecule has 0 radical (unpaired) electrons. The van der Waals surface area contributed by atoms with Crippen LogP contribution in [0.1, 0.15) is 43.3 Å². The summed E-state index contributed by atoms with van der Waals surface area (Å²) in [6, 6.07) is 10.5. The van der Waals surface area contributed by atoms with Gasteiger partial charge in [0.25, 0.3) is 5.56 Å². The molecule has 2 heterocycles. The predicted octanol–water partition coefficient (Wildman–Crippen LogP) is 6.83.